The molecule has 4 nitrogen and oxygen atoms in total. The second-order valence-corrected chi connectivity index (χ2v) is 6.34. The van der Waals surface area contributed by atoms with Gasteiger partial charge in [0.15, 0.2) is 0 Å². The topological polar surface area (TPSA) is 57.8 Å². The molecule has 0 bridgehead atoms. The van der Waals surface area contributed by atoms with Crippen LogP contribution in [0.3, 0.4) is 0 Å². The van der Waals surface area contributed by atoms with Crippen molar-refractivity contribution in [3.63, 3.8) is 0 Å². The van der Waals surface area contributed by atoms with Gasteiger partial charge in [0.1, 0.15) is 5.82 Å². The molecule has 4 heteroatoms. The molecule has 21 heavy (non-hydrogen) atoms. The summed E-state index contributed by atoms with van der Waals surface area (Å²) in [5.41, 5.74) is 3.84. The molecular formula is C17H25N3O. The van der Waals surface area contributed by atoms with Crippen LogP contribution < -0.4 is 5.32 Å². The monoisotopic (exact) mass is 287 g/mol. The van der Waals surface area contributed by atoms with Crippen LogP contribution in [-0.2, 0) is 17.6 Å². The van der Waals surface area contributed by atoms with Gasteiger partial charge in [-0.2, -0.15) is 0 Å². The first-order chi connectivity index (χ1) is 10.2. The van der Waals surface area contributed by atoms with Crippen LogP contribution >= 0.6 is 0 Å². The number of carbonyl (C=O) groups excluding carboxylic acids is 1. The third-order valence-corrected chi connectivity index (χ3v) is 4.66. The van der Waals surface area contributed by atoms with E-state index in [2.05, 4.69) is 21.4 Å². The maximum atomic E-state index is 12.3. The van der Waals surface area contributed by atoms with Gasteiger partial charge in [-0.15, -0.1) is 0 Å². The normalized spacial score (nSPS) is 21.6. The molecule has 1 aromatic rings. The van der Waals surface area contributed by atoms with Crippen molar-refractivity contribution in [1.82, 2.24) is 15.3 Å². The summed E-state index contributed by atoms with van der Waals surface area (Å²) in [6, 6.07) is 0. The summed E-state index contributed by atoms with van der Waals surface area (Å²) in [6.07, 6.45) is 11.1. The number of aromatic nitrogens is 2. The lowest BCUT2D eigenvalue weighted by atomic mass is 9.89. The number of aryl methyl sites for hydroxylation is 2. The zero-order valence-electron chi connectivity index (χ0n) is 12.9. The number of nitrogens with zero attached hydrogens (tertiary/aromatic N) is 1. The molecule has 0 fully saturated rings. The Balaban J connectivity index is 1.47. The van der Waals surface area contributed by atoms with Crippen molar-refractivity contribution in [2.75, 3.05) is 6.54 Å². The molecule has 0 aliphatic heterocycles. The third kappa shape index (κ3) is 3.55. The standard InChI is InChI=1S/C17H25N3O/c1-12-19-15-8-7-14(11-16(15)20-12)17(21)18-10-9-13-5-3-2-4-6-13/h5,14H,2-4,6-11H2,1H3,(H,18,21)(H,19,20). The van der Waals surface area contributed by atoms with E-state index in [1.807, 2.05) is 6.92 Å². The molecule has 0 spiro atoms. The number of carbonyl (C=O) groups is 1. The summed E-state index contributed by atoms with van der Waals surface area (Å²) >= 11 is 0. The van der Waals surface area contributed by atoms with Crippen LogP contribution in [0.2, 0.25) is 0 Å². The summed E-state index contributed by atoms with van der Waals surface area (Å²) in [6.45, 7) is 2.77. The highest BCUT2D eigenvalue weighted by Crippen LogP contribution is 2.24. The number of allylic oxidation sites excluding steroid dienone is 1. The smallest absolute Gasteiger partial charge is 0.223 e. The second kappa shape index (κ2) is 6.46. The minimum Gasteiger partial charge on any atom is -0.356 e. The van der Waals surface area contributed by atoms with Crippen molar-refractivity contribution >= 4 is 5.91 Å². The lowest BCUT2D eigenvalue weighted by Crippen LogP contribution is -2.34. The summed E-state index contributed by atoms with van der Waals surface area (Å²) in [5.74, 6) is 1.28. The number of amides is 1. The maximum Gasteiger partial charge on any atom is 0.223 e. The van der Waals surface area contributed by atoms with Crippen molar-refractivity contribution in [2.45, 2.75) is 58.3 Å². The van der Waals surface area contributed by atoms with Crippen molar-refractivity contribution in [3.8, 4) is 0 Å². The first-order valence-corrected chi connectivity index (χ1v) is 8.22. The number of nitrogens with one attached hydrogen (secondary N) is 2. The summed E-state index contributed by atoms with van der Waals surface area (Å²) in [5, 5.41) is 3.12. The summed E-state index contributed by atoms with van der Waals surface area (Å²) < 4.78 is 0. The van der Waals surface area contributed by atoms with Crippen LogP contribution in [0.5, 0.6) is 0 Å². The minimum atomic E-state index is 0.109. The van der Waals surface area contributed by atoms with Crippen molar-refractivity contribution in [3.05, 3.63) is 28.9 Å². The zero-order chi connectivity index (χ0) is 14.7. The first kappa shape index (κ1) is 14.4. The van der Waals surface area contributed by atoms with Gasteiger partial charge in [-0.1, -0.05) is 11.6 Å². The van der Waals surface area contributed by atoms with Crippen molar-refractivity contribution in [1.29, 1.82) is 0 Å². The van der Waals surface area contributed by atoms with Crippen LogP contribution in [0, 0.1) is 12.8 Å². The lowest BCUT2D eigenvalue weighted by molar-refractivity contribution is -0.125. The number of H-pyrrole nitrogens is 1. The molecule has 2 aliphatic carbocycles. The molecule has 114 valence electrons. The van der Waals surface area contributed by atoms with E-state index in [4.69, 9.17) is 0 Å². The second-order valence-electron chi connectivity index (χ2n) is 6.34. The Morgan fingerprint density at radius 1 is 1.43 bits per heavy atom. The molecule has 0 radical (unpaired) electrons. The average molecular weight is 287 g/mol. The van der Waals surface area contributed by atoms with Gasteiger partial charge in [-0.3, -0.25) is 4.79 Å². The maximum absolute atomic E-state index is 12.3. The van der Waals surface area contributed by atoms with Crippen LogP contribution in [0.4, 0.5) is 0 Å². The van der Waals surface area contributed by atoms with Gasteiger partial charge in [0.05, 0.1) is 5.69 Å². The van der Waals surface area contributed by atoms with Gasteiger partial charge >= 0.3 is 0 Å². The molecule has 0 aromatic carbocycles. The highest BCUT2D eigenvalue weighted by atomic mass is 16.1. The quantitative estimate of drug-likeness (QED) is 0.837. The van der Waals surface area contributed by atoms with E-state index in [0.717, 1.165) is 49.4 Å². The summed E-state index contributed by atoms with van der Waals surface area (Å²) in [4.78, 5) is 20.1. The van der Waals surface area contributed by atoms with Gasteiger partial charge in [-0.25, -0.2) is 4.98 Å². The minimum absolute atomic E-state index is 0.109. The Morgan fingerprint density at radius 3 is 3.14 bits per heavy atom. The Labute approximate surface area is 126 Å². The van der Waals surface area contributed by atoms with E-state index in [1.54, 1.807) is 0 Å². The lowest BCUT2D eigenvalue weighted by Gasteiger charge is -2.21. The summed E-state index contributed by atoms with van der Waals surface area (Å²) in [7, 11) is 0. The van der Waals surface area contributed by atoms with Gasteiger partial charge in [-0.05, 0) is 51.9 Å². The Morgan fingerprint density at radius 2 is 2.33 bits per heavy atom. The number of rotatable bonds is 4. The van der Waals surface area contributed by atoms with Gasteiger partial charge < -0.3 is 10.3 Å². The predicted molar refractivity (Wildman–Crippen MR) is 83.0 cm³/mol. The number of aromatic amines is 1. The fourth-order valence-electron chi connectivity index (χ4n) is 3.47. The third-order valence-electron chi connectivity index (χ3n) is 4.66. The molecule has 1 atom stereocenters. The molecule has 2 N–H and O–H groups in total. The first-order valence-electron chi connectivity index (χ1n) is 8.22. The van der Waals surface area contributed by atoms with E-state index >= 15 is 0 Å². The molecule has 0 saturated carbocycles. The van der Waals surface area contributed by atoms with E-state index < -0.39 is 0 Å². The van der Waals surface area contributed by atoms with Crippen LogP contribution in [0.1, 0.15) is 55.7 Å². The largest absolute Gasteiger partial charge is 0.356 e. The molecule has 3 rings (SSSR count). The van der Waals surface area contributed by atoms with Gasteiger partial charge in [0.25, 0.3) is 0 Å². The van der Waals surface area contributed by atoms with E-state index in [1.165, 1.54) is 31.3 Å². The van der Waals surface area contributed by atoms with Crippen LogP contribution in [0.15, 0.2) is 11.6 Å². The molecule has 1 heterocycles. The van der Waals surface area contributed by atoms with E-state index in [-0.39, 0.29) is 11.8 Å². The van der Waals surface area contributed by atoms with Crippen molar-refractivity contribution < 1.29 is 4.79 Å². The molecule has 1 aromatic heterocycles. The predicted octanol–water partition coefficient (Wildman–Crippen LogP) is 2.83. The van der Waals surface area contributed by atoms with Gasteiger partial charge in [0.2, 0.25) is 5.91 Å². The van der Waals surface area contributed by atoms with Crippen LogP contribution in [0.25, 0.3) is 0 Å². The average Bonchev–Trinajstić information content (AvgIpc) is 2.87. The Kier molecular flexibility index (Phi) is 4.42. The SMILES string of the molecule is Cc1nc2c([nH]1)CC(C(=O)NCCC1=CCCCC1)CC2. The van der Waals surface area contributed by atoms with E-state index in [9.17, 15) is 4.79 Å². The van der Waals surface area contributed by atoms with Crippen LogP contribution in [-0.4, -0.2) is 22.4 Å². The molecule has 2 aliphatic rings. The Hall–Kier alpha value is -1.58. The molecule has 1 unspecified atom stereocenters. The zero-order valence-corrected chi connectivity index (χ0v) is 12.9. The fraction of sp³-hybridized carbons (Fsp3) is 0.647. The fourth-order valence-corrected chi connectivity index (χ4v) is 3.47. The number of imidazole rings is 1. The molecule has 1 amide bonds. The van der Waals surface area contributed by atoms with E-state index in [0.29, 0.717) is 0 Å². The number of hydrogen-bond acceptors (Lipinski definition) is 2. The molecular weight excluding hydrogens is 262 g/mol. The van der Waals surface area contributed by atoms with Gasteiger partial charge in [0, 0.05) is 24.6 Å². The number of hydrogen-bond donors (Lipinski definition) is 2. The Bertz CT molecular complexity index is 544. The highest BCUT2D eigenvalue weighted by molar-refractivity contribution is 5.79. The molecule has 0 saturated heterocycles. The number of fused-ring (bicyclic) bond motifs is 1. The highest BCUT2D eigenvalue weighted by Gasteiger charge is 2.26. The van der Waals surface area contributed by atoms with Crippen molar-refractivity contribution in [2.24, 2.45) is 5.92 Å².